The van der Waals surface area contributed by atoms with Gasteiger partial charge in [-0.3, -0.25) is 4.79 Å². The van der Waals surface area contributed by atoms with Gasteiger partial charge in [0, 0.05) is 30.4 Å². The van der Waals surface area contributed by atoms with Gasteiger partial charge >= 0.3 is 0 Å². The van der Waals surface area contributed by atoms with Crippen molar-refractivity contribution in [3.63, 3.8) is 0 Å². The monoisotopic (exact) mass is 281 g/mol. The van der Waals surface area contributed by atoms with E-state index < -0.39 is 6.04 Å². The highest BCUT2D eigenvalue weighted by Crippen LogP contribution is 2.37. The third kappa shape index (κ3) is 2.60. The number of carbonyl (C=O) groups excluding carboxylic acids is 1. The Morgan fingerprint density at radius 1 is 1.53 bits per heavy atom. The molecule has 3 atom stereocenters. The van der Waals surface area contributed by atoms with Crippen LogP contribution in [0.1, 0.15) is 30.2 Å². The van der Waals surface area contributed by atoms with Crippen molar-refractivity contribution in [3.8, 4) is 0 Å². The Hall–Kier alpha value is -0.750. The Morgan fingerprint density at radius 3 is 3.11 bits per heavy atom. The van der Waals surface area contributed by atoms with Gasteiger partial charge in [0.1, 0.15) is 0 Å². The third-order valence-corrected chi connectivity index (χ3v) is 5.07. The van der Waals surface area contributed by atoms with E-state index in [4.69, 9.17) is 15.2 Å². The highest BCUT2D eigenvalue weighted by atomic mass is 32.1. The molecule has 104 valence electrons. The Balaban J connectivity index is 1.69. The lowest BCUT2D eigenvalue weighted by atomic mass is 9.81. The van der Waals surface area contributed by atoms with Crippen molar-refractivity contribution in [2.75, 3.05) is 19.8 Å². The summed E-state index contributed by atoms with van der Waals surface area (Å²) in [6.45, 7) is 1.99. The van der Waals surface area contributed by atoms with Crippen LogP contribution in [0.4, 0.5) is 0 Å². The Bertz CT molecular complexity index is 440. The number of ether oxygens (including phenoxy) is 2. The lowest BCUT2D eigenvalue weighted by Crippen LogP contribution is -2.44. The van der Waals surface area contributed by atoms with Crippen LogP contribution in [0.25, 0.3) is 0 Å². The molecule has 0 amide bonds. The average molecular weight is 281 g/mol. The summed E-state index contributed by atoms with van der Waals surface area (Å²) >= 11 is 1.55. The maximum atomic E-state index is 12.5. The molecule has 2 fully saturated rings. The van der Waals surface area contributed by atoms with Gasteiger partial charge in [-0.1, -0.05) is 6.07 Å². The number of hydrogen-bond acceptors (Lipinski definition) is 5. The van der Waals surface area contributed by atoms with Crippen LogP contribution in [-0.2, 0) is 14.3 Å². The standard InChI is InChI=1S/C14H19NO3S/c15-12(11-2-1-7-19-11)13(16)10-3-5-18-14(8-10)4-6-17-9-14/h1-2,7,10,12H,3-6,8-9,15H2. The van der Waals surface area contributed by atoms with E-state index in [0.29, 0.717) is 13.2 Å². The van der Waals surface area contributed by atoms with E-state index in [-0.39, 0.29) is 17.3 Å². The molecule has 3 unspecified atom stereocenters. The zero-order valence-corrected chi connectivity index (χ0v) is 11.7. The third-order valence-electron chi connectivity index (χ3n) is 4.12. The summed E-state index contributed by atoms with van der Waals surface area (Å²) in [6.07, 6.45) is 2.43. The number of nitrogens with two attached hydrogens (primary N) is 1. The molecule has 1 aromatic heterocycles. The normalized spacial score (nSPS) is 32.6. The van der Waals surface area contributed by atoms with Crippen LogP contribution in [0.15, 0.2) is 17.5 Å². The van der Waals surface area contributed by atoms with Crippen molar-refractivity contribution < 1.29 is 14.3 Å². The van der Waals surface area contributed by atoms with Crippen LogP contribution < -0.4 is 5.73 Å². The lowest BCUT2D eigenvalue weighted by Gasteiger charge is -2.37. The molecule has 0 saturated carbocycles. The van der Waals surface area contributed by atoms with Crippen molar-refractivity contribution in [2.45, 2.75) is 30.9 Å². The second kappa shape index (κ2) is 5.32. The SMILES string of the molecule is NC(C(=O)C1CCOC2(CCOC2)C1)c1cccs1. The van der Waals surface area contributed by atoms with Gasteiger partial charge in [-0.25, -0.2) is 0 Å². The van der Waals surface area contributed by atoms with E-state index in [1.165, 1.54) is 0 Å². The Morgan fingerprint density at radius 2 is 2.42 bits per heavy atom. The predicted octanol–water partition coefficient (Wildman–Crippen LogP) is 1.90. The Kier molecular flexibility index (Phi) is 3.71. The van der Waals surface area contributed by atoms with Crippen molar-refractivity contribution in [2.24, 2.45) is 11.7 Å². The highest BCUT2D eigenvalue weighted by molar-refractivity contribution is 7.10. The highest BCUT2D eigenvalue weighted by Gasteiger charge is 2.43. The van der Waals surface area contributed by atoms with E-state index in [1.807, 2.05) is 17.5 Å². The molecule has 1 spiro atoms. The minimum Gasteiger partial charge on any atom is -0.378 e. The molecule has 5 heteroatoms. The van der Waals surface area contributed by atoms with Gasteiger partial charge in [0.05, 0.1) is 18.2 Å². The zero-order valence-electron chi connectivity index (χ0n) is 10.8. The molecule has 1 aromatic rings. The van der Waals surface area contributed by atoms with E-state index >= 15 is 0 Å². The van der Waals surface area contributed by atoms with Crippen molar-refractivity contribution >= 4 is 17.1 Å². The smallest absolute Gasteiger partial charge is 0.158 e. The largest absolute Gasteiger partial charge is 0.378 e. The number of ketones is 1. The van der Waals surface area contributed by atoms with Crippen LogP contribution in [0.2, 0.25) is 0 Å². The summed E-state index contributed by atoms with van der Waals surface area (Å²) in [4.78, 5) is 13.5. The maximum Gasteiger partial charge on any atom is 0.158 e. The van der Waals surface area contributed by atoms with Crippen molar-refractivity contribution in [1.29, 1.82) is 0 Å². The first-order valence-corrected chi connectivity index (χ1v) is 7.63. The van der Waals surface area contributed by atoms with Crippen LogP contribution in [-0.4, -0.2) is 31.2 Å². The fraction of sp³-hybridized carbons (Fsp3) is 0.643. The molecule has 2 aliphatic heterocycles. The maximum absolute atomic E-state index is 12.5. The van der Waals surface area contributed by atoms with Gasteiger partial charge in [0.15, 0.2) is 5.78 Å². The molecule has 19 heavy (non-hydrogen) atoms. The molecule has 0 aromatic carbocycles. The van der Waals surface area contributed by atoms with Gasteiger partial charge in [-0.2, -0.15) is 0 Å². The molecule has 0 radical (unpaired) electrons. The molecular weight excluding hydrogens is 262 g/mol. The summed E-state index contributed by atoms with van der Waals surface area (Å²) in [5.41, 5.74) is 5.86. The van der Waals surface area contributed by atoms with E-state index in [1.54, 1.807) is 11.3 Å². The fourth-order valence-electron chi connectivity index (χ4n) is 3.00. The number of carbonyl (C=O) groups is 1. The molecular formula is C14H19NO3S. The molecule has 4 nitrogen and oxygen atoms in total. The summed E-state index contributed by atoms with van der Waals surface area (Å²) in [7, 11) is 0. The van der Waals surface area contributed by atoms with E-state index in [9.17, 15) is 4.79 Å². The molecule has 2 saturated heterocycles. The van der Waals surface area contributed by atoms with Gasteiger partial charge in [-0.15, -0.1) is 11.3 Å². The van der Waals surface area contributed by atoms with Crippen LogP contribution in [0.5, 0.6) is 0 Å². The summed E-state index contributed by atoms with van der Waals surface area (Å²) in [5.74, 6) is 0.157. The van der Waals surface area contributed by atoms with Gasteiger partial charge in [0.25, 0.3) is 0 Å². The quantitative estimate of drug-likeness (QED) is 0.919. The summed E-state index contributed by atoms with van der Waals surface area (Å²) < 4.78 is 11.3. The van der Waals surface area contributed by atoms with E-state index in [2.05, 4.69) is 0 Å². The molecule has 3 heterocycles. The first-order valence-electron chi connectivity index (χ1n) is 6.75. The summed E-state index contributed by atoms with van der Waals surface area (Å²) in [6, 6.07) is 3.38. The summed E-state index contributed by atoms with van der Waals surface area (Å²) in [5, 5.41) is 1.96. The number of thiophene rings is 1. The molecule has 2 aliphatic rings. The second-order valence-electron chi connectivity index (χ2n) is 5.42. The first kappa shape index (κ1) is 13.2. The van der Waals surface area contributed by atoms with Crippen LogP contribution in [0, 0.1) is 5.92 Å². The molecule has 3 rings (SSSR count). The first-order chi connectivity index (χ1) is 9.20. The number of hydrogen-bond donors (Lipinski definition) is 1. The van der Waals surface area contributed by atoms with Gasteiger partial charge < -0.3 is 15.2 Å². The molecule has 2 N–H and O–H groups in total. The number of Topliss-reactive ketones (excluding diaryl/α,β-unsaturated/α-hetero) is 1. The van der Waals surface area contributed by atoms with Gasteiger partial charge in [0.2, 0.25) is 0 Å². The molecule has 0 aliphatic carbocycles. The van der Waals surface area contributed by atoms with Crippen molar-refractivity contribution in [1.82, 2.24) is 0 Å². The second-order valence-corrected chi connectivity index (χ2v) is 6.40. The van der Waals surface area contributed by atoms with Crippen LogP contribution >= 0.6 is 11.3 Å². The Labute approximate surface area is 116 Å². The average Bonchev–Trinajstić information content (AvgIpc) is 3.09. The topological polar surface area (TPSA) is 61.6 Å². The lowest BCUT2D eigenvalue weighted by molar-refractivity contribution is -0.138. The zero-order chi connectivity index (χ0) is 13.3. The number of rotatable bonds is 3. The minimum absolute atomic E-state index is 0.00699. The van der Waals surface area contributed by atoms with Crippen LogP contribution in [0.3, 0.4) is 0 Å². The minimum atomic E-state index is -0.484. The fourth-order valence-corrected chi connectivity index (χ4v) is 3.73. The van der Waals surface area contributed by atoms with Gasteiger partial charge in [-0.05, 0) is 24.3 Å². The van der Waals surface area contributed by atoms with Crippen molar-refractivity contribution in [3.05, 3.63) is 22.4 Å². The predicted molar refractivity (Wildman–Crippen MR) is 73.1 cm³/mol. The van der Waals surface area contributed by atoms with E-state index in [0.717, 1.165) is 30.7 Å². The molecule has 0 bridgehead atoms.